The van der Waals surface area contributed by atoms with Gasteiger partial charge in [0, 0.05) is 24.8 Å². The van der Waals surface area contributed by atoms with E-state index < -0.39 is 0 Å². The molecule has 1 aliphatic rings. The Bertz CT molecular complexity index is 191. The lowest BCUT2D eigenvalue weighted by atomic mass is 9.99. The lowest BCUT2D eigenvalue weighted by Gasteiger charge is -2.30. The molecule has 4 heteroatoms. The van der Waals surface area contributed by atoms with Crippen molar-refractivity contribution in [1.29, 1.82) is 0 Å². The van der Waals surface area contributed by atoms with Crippen LogP contribution in [-0.4, -0.2) is 42.3 Å². The number of likely N-dealkylation sites (tertiary alicyclic amines) is 1. The Labute approximate surface area is 101 Å². The van der Waals surface area contributed by atoms with Gasteiger partial charge in [-0.25, -0.2) is 0 Å². The van der Waals surface area contributed by atoms with Gasteiger partial charge in [-0.3, -0.25) is 4.79 Å². The highest BCUT2D eigenvalue weighted by Gasteiger charge is 2.14. The molecular weight excluding hydrogens is 256 g/mol. The third-order valence-corrected chi connectivity index (χ3v) is 3.34. The number of hydrogen-bond acceptors (Lipinski definition) is 2. The van der Waals surface area contributed by atoms with Crippen molar-refractivity contribution in [2.45, 2.75) is 26.2 Å². The summed E-state index contributed by atoms with van der Waals surface area (Å²) in [4.78, 5) is 13.6. The smallest absolute Gasteiger partial charge is 0.220 e. The van der Waals surface area contributed by atoms with Crippen molar-refractivity contribution in [1.82, 2.24) is 10.2 Å². The van der Waals surface area contributed by atoms with Crippen LogP contribution < -0.4 is 5.32 Å². The van der Waals surface area contributed by atoms with Gasteiger partial charge < -0.3 is 10.2 Å². The molecule has 3 nitrogen and oxygen atoms in total. The molecular formula is C11H21BrN2O. The molecule has 15 heavy (non-hydrogen) atoms. The Morgan fingerprint density at radius 2 is 2.13 bits per heavy atom. The van der Waals surface area contributed by atoms with Gasteiger partial charge in [-0.2, -0.15) is 0 Å². The molecule has 0 aromatic rings. The number of halogens is 1. The Morgan fingerprint density at radius 3 is 2.73 bits per heavy atom. The molecule has 1 saturated heterocycles. The van der Waals surface area contributed by atoms with Crippen LogP contribution in [0.4, 0.5) is 0 Å². The van der Waals surface area contributed by atoms with Gasteiger partial charge in [0.1, 0.15) is 0 Å². The number of hydrogen-bond donors (Lipinski definition) is 1. The number of carbonyl (C=O) groups excluding carboxylic acids is 1. The predicted octanol–water partition coefficient (Wildman–Crippen LogP) is 1.62. The fraction of sp³-hybridized carbons (Fsp3) is 0.909. The minimum atomic E-state index is 0.150. The van der Waals surface area contributed by atoms with Crippen molar-refractivity contribution in [2.75, 3.05) is 31.5 Å². The minimum Gasteiger partial charge on any atom is -0.355 e. The highest BCUT2D eigenvalue weighted by molar-refractivity contribution is 9.09. The zero-order valence-corrected chi connectivity index (χ0v) is 11.1. The molecule has 0 aromatic carbocycles. The van der Waals surface area contributed by atoms with Gasteiger partial charge in [-0.1, -0.05) is 22.9 Å². The molecule has 1 fully saturated rings. The van der Waals surface area contributed by atoms with E-state index in [0.717, 1.165) is 24.3 Å². The molecule has 1 heterocycles. The molecule has 0 aromatic heterocycles. The van der Waals surface area contributed by atoms with Crippen LogP contribution in [0, 0.1) is 5.92 Å². The van der Waals surface area contributed by atoms with E-state index in [0.29, 0.717) is 6.42 Å². The molecule has 1 N–H and O–H groups in total. The molecule has 0 atom stereocenters. The zero-order valence-electron chi connectivity index (χ0n) is 9.47. The van der Waals surface area contributed by atoms with Gasteiger partial charge >= 0.3 is 0 Å². The first-order valence-electron chi connectivity index (χ1n) is 5.77. The van der Waals surface area contributed by atoms with Crippen molar-refractivity contribution >= 4 is 21.8 Å². The molecule has 0 bridgehead atoms. The van der Waals surface area contributed by atoms with E-state index in [2.05, 4.69) is 33.1 Å². The number of nitrogens with one attached hydrogen (secondary N) is 1. The molecule has 1 amide bonds. The van der Waals surface area contributed by atoms with Crippen LogP contribution in [0.3, 0.4) is 0 Å². The van der Waals surface area contributed by atoms with E-state index in [-0.39, 0.29) is 5.91 Å². The molecule has 0 unspecified atom stereocenters. The standard InChI is InChI=1S/C11H21BrN2O/c1-10-3-7-14(8-4-10)9-6-13-11(15)2-5-12/h10H,2-9H2,1H3,(H,13,15). The second kappa shape index (κ2) is 7.23. The summed E-state index contributed by atoms with van der Waals surface area (Å²) in [7, 11) is 0. The maximum absolute atomic E-state index is 11.2. The first kappa shape index (κ1) is 13.0. The fourth-order valence-corrected chi connectivity index (χ4v) is 2.17. The quantitative estimate of drug-likeness (QED) is 0.774. The van der Waals surface area contributed by atoms with Gasteiger partial charge in [0.2, 0.25) is 5.91 Å². The normalized spacial score (nSPS) is 19.1. The van der Waals surface area contributed by atoms with E-state index in [9.17, 15) is 4.79 Å². The van der Waals surface area contributed by atoms with Crippen molar-refractivity contribution in [2.24, 2.45) is 5.92 Å². The van der Waals surface area contributed by atoms with E-state index >= 15 is 0 Å². The van der Waals surface area contributed by atoms with E-state index in [1.807, 2.05) is 0 Å². The highest BCUT2D eigenvalue weighted by Crippen LogP contribution is 2.14. The number of rotatable bonds is 5. The van der Waals surface area contributed by atoms with Crippen LogP contribution in [0.25, 0.3) is 0 Å². The molecule has 0 radical (unpaired) electrons. The van der Waals surface area contributed by atoms with Crippen molar-refractivity contribution in [3.05, 3.63) is 0 Å². The van der Waals surface area contributed by atoms with Gasteiger partial charge in [-0.05, 0) is 31.8 Å². The summed E-state index contributed by atoms with van der Waals surface area (Å²) >= 11 is 3.25. The fourth-order valence-electron chi connectivity index (χ4n) is 1.81. The lowest BCUT2D eigenvalue weighted by molar-refractivity contribution is -0.120. The average molecular weight is 277 g/mol. The number of carbonyl (C=O) groups is 1. The SMILES string of the molecule is CC1CCN(CCNC(=O)CCBr)CC1. The first-order valence-corrected chi connectivity index (χ1v) is 6.89. The summed E-state index contributed by atoms with van der Waals surface area (Å²) in [6.45, 7) is 6.49. The summed E-state index contributed by atoms with van der Waals surface area (Å²) in [5.41, 5.74) is 0. The van der Waals surface area contributed by atoms with Crippen molar-refractivity contribution in [3.63, 3.8) is 0 Å². The first-order chi connectivity index (χ1) is 7.22. The highest BCUT2D eigenvalue weighted by atomic mass is 79.9. The maximum Gasteiger partial charge on any atom is 0.220 e. The van der Waals surface area contributed by atoms with Crippen LogP contribution in [0.5, 0.6) is 0 Å². The van der Waals surface area contributed by atoms with Crippen molar-refractivity contribution < 1.29 is 4.79 Å². The van der Waals surface area contributed by atoms with Crippen LogP contribution in [0.15, 0.2) is 0 Å². The van der Waals surface area contributed by atoms with Gasteiger partial charge in [0.15, 0.2) is 0 Å². The van der Waals surface area contributed by atoms with Crippen LogP contribution in [0.2, 0.25) is 0 Å². The maximum atomic E-state index is 11.2. The molecule has 0 saturated carbocycles. The average Bonchev–Trinajstić information content (AvgIpc) is 2.21. The van der Waals surface area contributed by atoms with Crippen LogP contribution >= 0.6 is 15.9 Å². The number of amides is 1. The molecule has 1 aliphatic heterocycles. The Morgan fingerprint density at radius 1 is 1.47 bits per heavy atom. The van der Waals surface area contributed by atoms with Crippen LogP contribution in [-0.2, 0) is 4.79 Å². The number of piperidine rings is 1. The number of alkyl halides is 1. The van der Waals surface area contributed by atoms with E-state index in [4.69, 9.17) is 0 Å². The second-order valence-corrected chi connectivity index (χ2v) is 5.11. The third-order valence-electron chi connectivity index (χ3n) is 2.95. The van der Waals surface area contributed by atoms with E-state index in [1.165, 1.54) is 25.9 Å². The largest absolute Gasteiger partial charge is 0.355 e. The lowest BCUT2D eigenvalue weighted by Crippen LogP contribution is -2.39. The third kappa shape index (κ3) is 5.52. The topological polar surface area (TPSA) is 32.3 Å². The predicted molar refractivity (Wildman–Crippen MR) is 66.3 cm³/mol. The second-order valence-electron chi connectivity index (χ2n) is 4.31. The Balaban J connectivity index is 2.02. The Hall–Kier alpha value is -0.0900. The summed E-state index contributed by atoms with van der Waals surface area (Å²) in [6.07, 6.45) is 3.18. The monoisotopic (exact) mass is 276 g/mol. The summed E-state index contributed by atoms with van der Waals surface area (Å²) in [5, 5.41) is 3.68. The van der Waals surface area contributed by atoms with Gasteiger partial charge in [-0.15, -0.1) is 0 Å². The molecule has 88 valence electrons. The Kier molecular flexibility index (Phi) is 6.25. The van der Waals surface area contributed by atoms with Crippen molar-refractivity contribution in [3.8, 4) is 0 Å². The van der Waals surface area contributed by atoms with E-state index in [1.54, 1.807) is 0 Å². The van der Waals surface area contributed by atoms with Crippen LogP contribution in [0.1, 0.15) is 26.2 Å². The van der Waals surface area contributed by atoms with Gasteiger partial charge in [0.25, 0.3) is 0 Å². The summed E-state index contributed by atoms with van der Waals surface area (Å²) in [6, 6.07) is 0. The minimum absolute atomic E-state index is 0.150. The number of nitrogens with zero attached hydrogens (tertiary/aromatic N) is 1. The summed E-state index contributed by atoms with van der Waals surface area (Å²) in [5.74, 6) is 1.03. The molecule has 1 rings (SSSR count). The summed E-state index contributed by atoms with van der Waals surface area (Å²) < 4.78 is 0. The molecule has 0 spiro atoms. The zero-order chi connectivity index (χ0) is 11.1. The van der Waals surface area contributed by atoms with Gasteiger partial charge in [0.05, 0.1) is 0 Å². The molecule has 0 aliphatic carbocycles.